The average Bonchev–Trinajstić information content (AvgIpc) is 2.25. The molecule has 1 aromatic rings. The summed E-state index contributed by atoms with van der Waals surface area (Å²) in [5.74, 6) is -1.66. The number of aliphatic hydroxyl groups excluding tert-OH is 1. The third-order valence-corrected chi connectivity index (χ3v) is 2.26. The molecule has 1 aromatic carbocycles. The highest BCUT2D eigenvalue weighted by Crippen LogP contribution is 2.04. The molecule has 1 rings (SSSR count). The molecule has 1 amide bonds. The first kappa shape index (κ1) is 13.2. The summed E-state index contributed by atoms with van der Waals surface area (Å²) in [5, 5.41) is 19.7. The number of carboxylic acids is 1. The second kappa shape index (κ2) is 6.00. The largest absolute Gasteiger partial charge is 0.480 e. The first-order valence-corrected chi connectivity index (χ1v) is 5.21. The van der Waals surface area contributed by atoms with Gasteiger partial charge in [-0.25, -0.2) is 4.79 Å². The number of hydrogen-bond acceptors (Lipinski definition) is 3. The van der Waals surface area contributed by atoms with E-state index in [1.807, 2.05) is 25.1 Å². The van der Waals surface area contributed by atoms with Crippen LogP contribution in [-0.4, -0.2) is 34.7 Å². The van der Waals surface area contributed by atoms with Crippen LogP contribution in [0.4, 0.5) is 0 Å². The topological polar surface area (TPSA) is 86.6 Å². The molecule has 5 heteroatoms. The summed E-state index contributed by atoms with van der Waals surface area (Å²) in [6, 6.07) is 6.15. The first-order valence-electron chi connectivity index (χ1n) is 5.21. The number of carboxylic acid groups (broad SMARTS) is 1. The van der Waals surface area contributed by atoms with Crippen LogP contribution in [0.2, 0.25) is 0 Å². The predicted molar refractivity (Wildman–Crippen MR) is 61.5 cm³/mol. The summed E-state index contributed by atoms with van der Waals surface area (Å²) in [6.45, 7) is 1.30. The molecule has 0 saturated heterocycles. The van der Waals surface area contributed by atoms with Gasteiger partial charge < -0.3 is 15.5 Å². The van der Waals surface area contributed by atoms with E-state index in [0.717, 1.165) is 11.1 Å². The Balaban J connectivity index is 2.58. The molecule has 0 unspecified atom stereocenters. The van der Waals surface area contributed by atoms with Crippen molar-refractivity contribution in [2.24, 2.45) is 0 Å². The van der Waals surface area contributed by atoms with Gasteiger partial charge in [-0.15, -0.1) is 0 Å². The number of hydrogen-bond donors (Lipinski definition) is 3. The summed E-state index contributed by atoms with van der Waals surface area (Å²) in [6.07, 6.45) is 0.103. The minimum atomic E-state index is -1.25. The molecule has 17 heavy (non-hydrogen) atoms. The third-order valence-electron chi connectivity index (χ3n) is 2.26. The maximum Gasteiger partial charge on any atom is 0.328 e. The Morgan fingerprint density at radius 3 is 2.65 bits per heavy atom. The van der Waals surface area contributed by atoms with Gasteiger partial charge in [0.05, 0.1) is 13.0 Å². The fourth-order valence-electron chi connectivity index (χ4n) is 1.44. The first-order chi connectivity index (χ1) is 8.02. The maximum absolute atomic E-state index is 11.5. The van der Waals surface area contributed by atoms with Crippen molar-refractivity contribution in [1.29, 1.82) is 0 Å². The fourth-order valence-corrected chi connectivity index (χ4v) is 1.44. The van der Waals surface area contributed by atoms with E-state index < -0.39 is 24.5 Å². The Morgan fingerprint density at radius 1 is 1.41 bits per heavy atom. The van der Waals surface area contributed by atoms with E-state index in [9.17, 15) is 9.59 Å². The van der Waals surface area contributed by atoms with Crippen molar-refractivity contribution < 1.29 is 19.8 Å². The van der Waals surface area contributed by atoms with Crippen LogP contribution in [0.25, 0.3) is 0 Å². The van der Waals surface area contributed by atoms with Crippen LogP contribution >= 0.6 is 0 Å². The second-order valence-electron chi connectivity index (χ2n) is 3.81. The highest BCUT2D eigenvalue weighted by molar-refractivity contribution is 5.84. The summed E-state index contributed by atoms with van der Waals surface area (Å²) in [5.41, 5.74) is 1.84. The zero-order valence-electron chi connectivity index (χ0n) is 9.51. The van der Waals surface area contributed by atoms with Gasteiger partial charge in [-0.05, 0) is 12.5 Å². The summed E-state index contributed by atoms with van der Waals surface area (Å²) < 4.78 is 0. The predicted octanol–water partition coefficient (Wildman–Crippen LogP) is 0.0992. The van der Waals surface area contributed by atoms with Gasteiger partial charge in [-0.3, -0.25) is 4.79 Å². The molecule has 5 nitrogen and oxygen atoms in total. The molecule has 92 valence electrons. The van der Waals surface area contributed by atoms with E-state index in [1.54, 1.807) is 6.07 Å². The number of amides is 1. The maximum atomic E-state index is 11.5. The van der Waals surface area contributed by atoms with Gasteiger partial charge in [0.2, 0.25) is 5.91 Å². The second-order valence-corrected chi connectivity index (χ2v) is 3.81. The SMILES string of the molecule is Cc1cccc(CC(=O)N[C@@H](CO)C(=O)O)c1. The Labute approximate surface area is 99.1 Å². The van der Waals surface area contributed by atoms with E-state index in [4.69, 9.17) is 10.2 Å². The van der Waals surface area contributed by atoms with Gasteiger partial charge in [0.1, 0.15) is 6.04 Å². The number of carbonyl (C=O) groups excluding carboxylic acids is 1. The molecule has 0 aromatic heterocycles. The quantitative estimate of drug-likeness (QED) is 0.678. The van der Waals surface area contributed by atoms with E-state index in [0.29, 0.717) is 0 Å². The molecule has 0 fully saturated rings. The molecule has 0 aliphatic rings. The third kappa shape index (κ3) is 4.24. The molecule has 0 spiro atoms. The van der Waals surface area contributed by atoms with Crippen LogP contribution < -0.4 is 5.32 Å². The smallest absolute Gasteiger partial charge is 0.328 e. The van der Waals surface area contributed by atoms with Gasteiger partial charge in [0, 0.05) is 0 Å². The number of aliphatic hydroxyl groups is 1. The number of aliphatic carboxylic acids is 1. The van der Waals surface area contributed by atoms with Crippen LogP contribution in [0.1, 0.15) is 11.1 Å². The lowest BCUT2D eigenvalue weighted by molar-refractivity contribution is -0.142. The number of benzene rings is 1. The van der Waals surface area contributed by atoms with E-state index in [-0.39, 0.29) is 6.42 Å². The van der Waals surface area contributed by atoms with Crippen molar-refractivity contribution in [3.63, 3.8) is 0 Å². The molecule has 0 radical (unpaired) electrons. The standard InChI is InChI=1S/C12H15NO4/c1-8-3-2-4-9(5-8)6-11(15)13-10(7-14)12(16)17/h2-5,10,14H,6-7H2,1H3,(H,13,15)(H,16,17)/t10-/m0/s1. The van der Waals surface area contributed by atoms with Crippen LogP contribution in [0, 0.1) is 6.92 Å². The van der Waals surface area contributed by atoms with Gasteiger partial charge in [-0.2, -0.15) is 0 Å². The van der Waals surface area contributed by atoms with Gasteiger partial charge in [-0.1, -0.05) is 29.8 Å². The van der Waals surface area contributed by atoms with Crippen molar-refractivity contribution in [1.82, 2.24) is 5.32 Å². The normalized spacial score (nSPS) is 11.9. The molecule has 0 aliphatic carbocycles. The summed E-state index contributed by atoms with van der Waals surface area (Å²) >= 11 is 0. The van der Waals surface area contributed by atoms with Crippen molar-refractivity contribution in [3.05, 3.63) is 35.4 Å². The highest BCUT2D eigenvalue weighted by Gasteiger charge is 2.18. The van der Waals surface area contributed by atoms with Crippen LogP contribution in [0.15, 0.2) is 24.3 Å². The summed E-state index contributed by atoms with van der Waals surface area (Å²) in [7, 11) is 0. The van der Waals surface area contributed by atoms with Gasteiger partial charge in [0.25, 0.3) is 0 Å². The van der Waals surface area contributed by atoms with Crippen molar-refractivity contribution in [2.75, 3.05) is 6.61 Å². The Hall–Kier alpha value is -1.88. The van der Waals surface area contributed by atoms with E-state index in [1.165, 1.54) is 0 Å². The lowest BCUT2D eigenvalue weighted by atomic mass is 10.1. The van der Waals surface area contributed by atoms with Crippen LogP contribution in [-0.2, 0) is 16.0 Å². The summed E-state index contributed by atoms with van der Waals surface area (Å²) in [4.78, 5) is 22.1. The van der Waals surface area contributed by atoms with Crippen molar-refractivity contribution >= 4 is 11.9 Å². The minimum Gasteiger partial charge on any atom is -0.480 e. The molecule has 0 aliphatic heterocycles. The monoisotopic (exact) mass is 237 g/mol. The molecular formula is C12H15NO4. The van der Waals surface area contributed by atoms with E-state index >= 15 is 0 Å². The number of nitrogens with one attached hydrogen (secondary N) is 1. The Kier molecular flexibility index (Phi) is 4.66. The molecule has 0 heterocycles. The van der Waals surface area contributed by atoms with Crippen LogP contribution in [0.3, 0.4) is 0 Å². The fraction of sp³-hybridized carbons (Fsp3) is 0.333. The number of aryl methyl sites for hydroxylation is 1. The van der Waals surface area contributed by atoms with Crippen molar-refractivity contribution in [2.45, 2.75) is 19.4 Å². The van der Waals surface area contributed by atoms with Gasteiger partial charge >= 0.3 is 5.97 Å². The molecule has 1 atom stereocenters. The zero-order valence-corrected chi connectivity index (χ0v) is 9.51. The Morgan fingerprint density at radius 2 is 2.12 bits per heavy atom. The average molecular weight is 237 g/mol. The van der Waals surface area contributed by atoms with Crippen molar-refractivity contribution in [3.8, 4) is 0 Å². The lowest BCUT2D eigenvalue weighted by Gasteiger charge is -2.11. The number of rotatable bonds is 5. The van der Waals surface area contributed by atoms with Gasteiger partial charge in [0.15, 0.2) is 0 Å². The molecule has 3 N–H and O–H groups in total. The highest BCUT2D eigenvalue weighted by atomic mass is 16.4. The van der Waals surface area contributed by atoms with E-state index in [2.05, 4.69) is 5.32 Å². The minimum absolute atomic E-state index is 0.103. The molecule has 0 saturated carbocycles. The van der Waals surface area contributed by atoms with Crippen LogP contribution in [0.5, 0.6) is 0 Å². The lowest BCUT2D eigenvalue weighted by Crippen LogP contribution is -2.43. The molecule has 0 bridgehead atoms. The number of carbonyl (C=O) groups is 2. The molecular weight excluding hydrogens is 222 g/mol. The Bertz CT molecular complexity index is 417. The zero-order chi connectivity index (χ0) is 12.8.